The van der Waals surface area contributed by atoms with Crippen LogP contribution in [-0.2, 0) is 11.2 Å². The predicted octanol–water partition coefficient (Wildman–Crippen LogP) is 3.71. The molecule has 0 aliphatic rings. The first-order chi connectivity index (χ1) is 11.0. The van der Waals surface area contributed by atoms with E-state index in [0.29, 0.717) is 6.61 Å². The van der Waals surface area contributed by atoms with Crippen molar-refractivity contribution in [3.63, 3.8) is 0 Å². The molecule has 3 rings (SSSR count). The second-order valence-electron chi connectivity index (χ2n) is 5.48. The van der Waals surface area contributed by atoms with Gasteiger partial charge in [0.1, 0.15) is 5.75 Å². The van der Waals surface area contributed by atoms with E-state index in [0.717, 1.165) is 38.0 Å². The third-order valence-corrected chi connectivity index (χ3v) is 4.51. The number of aryl methyl sites for hydroxylation is 2. The maximum Gasteiger partial charge on any atom is 0.308 e. The van der Waals surface area contributed by atoms with Crippen molar-refractivity contribution in [1.29, 1.82) is 0 Å². The molecule has 1 N–H and O–H groups in total. The number of ether oxygens (including phenoxy) is 1. The lowest BCUT2D eigenvalue weighted by Gasteiger charge is -2.12. The van der Waals surface area contributed by atoms with Gasteiger partial charge < -0.3 is 9.84 Å². The highest BCUT2D eigenvalue weighted by Crippen LogP contribution is 2.35. The second-order valence-corrected chi connectivity index (χ2v) is 6.57. The van der Waals surface area contributed by atoms with Crippen LogP contribution in [0.3, 0.4) is 0 Å². The van der Waals surface area contributed by atoms with Gasteiger partial charge >= 0.3 is 5.97 Å². The Hall–Kier alpha value is -2.34. The summed E-state index contributed by atoms with van der Waals surface area (Å²) in [7, 11) is 0. The molecule has 6 heteroatoms. The molecule has 0 saturated carbocycles. The fourth-order valence-corrected chi connectivity index (χ4v) is 3.64. The number of nitrogens with zero attached hydrogens (tertiary/aromatic N) is 2. The molecule has 0 unspecified atom stereocenters. The van der Waals surface area contributed by atoms with Crippen molar-refractivity contribution in [1.82, 2.24) is 9.38 Å². The van der Waals surface area contributed by atoms with Crippen molar-refractivity contribution in [2.75, 3.05) is 6.61 Å². The molecule has 23 heavy (non-hydrogen) atoms. The Morgan fingerprint density at radius 2 is 2.13 bits per heavy atom. The third kappa shape index (κ3) is 3.07. The van der Waals surface area contributed by atoms with E-state index in [1.807, 2.05) is 30.6 Å². The summed E-state index contributed by atoms with van der Waals surface area (Å²) in [5.74, 6) is 0.0253. The molecule has 0 spiro atoms. The Labute approximate surface area is 138 Å². The minimum atomic E-state index is -0.831. The van der Waals surface area contributed by atoms with E-state index >= 15 is 0 Å². The van der Waals surface area contributed by atoms with Gasteiger partial charge in [-0.25, -0.2) is 4.98 Å². The maximum atomic E-state index is 10.8. The molecule has 120 valence electrons. The highest BCUT2D eigenvalue weighted by atomic mass is 32.1. The van der Waals surface area contributed by atoms with E-state index in [1.165, 1.54) is 11.3 Å². The van der Waals surface area contributed by atoms with Crippen LogP contribution in [0, 0.1) is 13.8 Å². The number of hydrogen-bond acceptors (Lipinski definition) is 4. The number of hydrogen-bond donors (Lipinski definition) is 1. The minimum Gasteiger partial charge on any atom is -0.493 e. The normalized spacial score (nSPS) is 11.1. The van der Waals surface area contributed by atoms with Crippen LogP contribution >= 0.6 is 11.3 Å². The first-order valence-corrected chi connectivity index (χ1v) is 8.23. The molecule has 2 heterocycles. The molecule has 0 atom stereocenters. The Morgan fingerprint density at radius 3 is 2.78 bits per heavy atom. The van der Waals surface area contributed by atoms with Gasteiger partial charge in [0.05, 0.1) is 18.7 Å². The monoisotopic (exact) mass is 330 g/mol. The fraction of sp³-hybridized carbons (Fsp3) is 0.294. The number of benzene rings is 1. The molecule has 2 aromatic heterocycles. The van der Waals surface area contributed by atoms with E-state index in [9.17, 15) is 4.79 Å². The van der Waals surface area contributed by atoms with E-state index < -0.39 is 5.97 Å². The summed E-state index contributed by atoms with van der Waals surface area (Å²) in [5.41, 5.74) is 4.06. The zero-order valence-corrected chi connectivity index (χ0v) is 14.1. The summed E-state index contributed by atoms with van der Waals surface area (Å²) in [6.07, 6.45) is 3.78. The summed E-state index contributed by atoms with van der Waals surface area (Å²) in [6, 6.07) is 4.17. The van der Waals surface area contributed by atoms with Gasteiger partial charge in [-0.1, -0.05) is 6.07 Å². The fourth-order valence-electron chi connectivity index (χ4n) is 2.68. The maximum absolute atomic E-state index is 10.8. The van der Waals surface area contributed by atoms with Crippen LogP contribution in [0.5, 0.6) is 5.75 Å². The zero-order valence-electron chi connectivity index (χ0n) is 13.3. The standard InChI is InChI=1S/C17H18N2O3S/c1-4-22-16-11(3)5-10(2)6-13(16)14-9-19-8-12(7-15(20)21)23-17(19)18-14/h5-6,8-9H,4,7H2,1-3H3,(H,20,21). The van der Waals surface area contributed by atoms with Crippen LogP contribution in [0.4, 0.5) is 0 Å². The van der Waals surface area contributed by atoms with Crippen molar-refractivity contribution >= 4 is 22.3 Å². The molecule has 0 aliphatic heterocycles. The van der Waals surface area contributed by atoms with Crippen LogP contribution in [-0.4, -0.2) is 27.1 Å². The first kappa shape index (κ1) is 15.6. The Kier molecular flexibility index (Phi) is 4.09. The number of carboxylic acids is 1. The average Bonchev–Trinajstić information content (AvgIpc) is 2.98. The average molecular weight is 330 g/mol. The SMILES string of the molecule is CCOc1c(C)cc(C)cc1-c1cn2cc(CC(=O)O)sc2n1. The number of fused-ring (bicyclic) bond motifs is 1. The largest absolute Gasteiger partial charge is 0.493 e. The van der Waals surface area contributed by atoms with Gasteiger partial charge in [-0.2, -0.15) is 0 Å². The molecule has 5 nitrogen and oxygen atoms in total. The Morgan fingerprint density at radius 1 is 1.35 bits per heavy atom. The number of carboxylic acid groups (broad SMARTS) is 1. The molecule has 1 aromatic carbocycles. The smallest absolute Gasteiger partial charge is 0.308 e. The summed E-state index contributed by atoms with van der Waals surface area (Å²) >= 11 is 1.40. The van der Waals surface area contributed by atoms with Crippen LogP contribution < -0.4 is 4.74 Å². The lowest BCUT2D eigenvalue weighted by Crippen LogP contribution is -1.98. The third-order valence-electron chi connectivity index (χ3n) is 3.51. The molecule has 0 saturated heterocycles. The van der Waals surface area contributed by atoms with Crippen molar-refractivity contribution in [2.24, 2.45) is 0 Å². The summed E-state index contributed by atoms with van der Waals surface area (Å²) in [6.45, 7) is 6.65. The number of thiazole rings is 1. The summed E-state index contributed by atoms with van der Waals surface area (Å²) in [5, 5.41) is 8.88. The van der Waals surface area contributed by atoms with E-state index in [-0.39, 0.29) is 6.42 Å². The molecule has 0 aliphatic carbocycles. The Balaban J connectivity index is 2.06. The van der Waals surface area contributed by atoms with Crippen molar-refractivity contribution in [2.45, 2.75) is 27.2 Å². The van der Waals surface area contributed by atoms with Crippen LogP contribution in [0.2, 0.25) is 0 Å². The number of imidazole rings is 1. The summed E-state index contributed by atoms with van der Waals surface area (Å²) in [4.78, 5) is 17.0. The molecule has 0 bridgehead atoms. The number of aromatic nitrogens is 2. The summed E-state index contributed by atoms with van der Waals surface area (Å²) < 4.78 is 7.68. The highest BCUT2D eigenvalue weighted by molar-refractivity contribution is 7.17. The molecule has 3 aromatic rings. The number of rotatable bonds is 5. The number of carbonyl (C=O) groups is 1. The molecular formula is C17H18N2O3S. The van der Waals surface area contributed by atoms with Gasteiger partial charge in [0, 0.05) is 22.8 Å². The molecule has 0 amide bonds. The van der Waals surface area contributed by atoms with Crippen molar-refractivity contribution in [3.05, 3.63) is 40.5 Å². The van der Waals surface area contributed by atoms with Gasteiger partial charge in [0.2, 0.25) is 0 Å². The van der Waals surface area contributed by atoms with E-state index in [4.69, 9.17) is 9.84 Å². The van der Waals surface area contributed by atoms with Gasteiger partial charge in [0.15, 0.2) is 4.96 Å². The predicted molar refractivity (Wildman–Crippen MR) is 90.5 cm³/mol. The topological polar surface area (TPSA) is 63.8 Å². The van der Waals surface area contributed by atoms with Gasteiger partial charge in [-0.05, 0) is 38.0 Å². The van der Waals surface area contributed by atoms with E-state index in [1.54, 1.807) is 0 Å². The van der Waals surface area contributed by atoms with Crippen LogP contribution in [0.25, 0.3) is 16.2 Å². The number of aliphatic carboxylic acids is 1. The van der Waals surface area contributed by atoms with Gasteiger partial charge in [-0.3, -0.25) is 9.20 Å². The molecular weight excluding hydrogens is 312 g/mol. The lowest BCUT2D eigenvalue weighted by molar-refractivity contribution is -0.136. The highest BCUT2D eigenvalue weighted by Gasteiger charge is 2.15. The van der Waals surface area contributed by atoms with Crippen molar-refractivity contribution < 1.29 is 14.6 Å². The second kappa shape index (κ2) is 6.04. The van der Waals surface area contributed by atoms with Crippen LogP contribution in [0.1, 0.15) is 22.9 Å². The van der Waals surface area contributed by atoms with Crippen molar-refractivity contribution in [3.8, 4) is 17.0 Å². The van der Waals surface area contributed by atoms with Crippen LogP contribution in [0.15, 0.2) is 24.5 Å². The molecule has 0 radical (unpaired) electrons. The minimum absolute atomic E-state index is 0.0249. The van der Waals surface area contributed by atoms with E-state index in [2.05, 4.69) is 24.0 Å². The first-order valence-electron chi connectivity index (χ1n) is 7.41. The lowest BCUT2D eigenvalue weighted by atomic mass is 10.0. The molecule has 0 fully saturated rings. The Bertz CT molecular complexity index is 848. The zero-order chi connectivity index (χ0) is 16.6. The van der Waals surface area contributed by atoms with Gasteiger partial charge in [0.25, 0.3) is 0 Å². The van der Waals surface area contributed by atoms with Gasteiger partial charge in [-0.15, -0.1) is 11.3 Å². The quantitative estimate of drug-likeness (QED) is 0.774.